The summed E-state index contributed by atoms with van der Waals surface area (Å²) >= 11 is 0. The Morgan fingerprint density at radius 2 is 0.464 bits per heavy atom. The zero-order valence-electron chi connectivity index (χ0n) is 38.1. The molecule has 12 rings (SSSR count). The minimum Gasteiger partial charge on any atom is -0.310 e. The van der Waals surface area contributed by atoms with Gasteiger partial charge in [-0.05, 0) is 148 Å². The molecule has 1 heteroatoms. The second-order valence-electron chi connectivity index (χ2n) is 17.7. The van der Waals surface area contributed by atoms with Crippen LogP contribution < -0.4 is 4.90 Å². The zero-order chi connectivity index (χ0) is 45.9. The molecule has 0 bridgehead atoms. The van der Waals surface area contributed by atoms with Gasteiger partial charge in [0.15, 0.2) is 0 Å². The van der Waals surface area contributed by atoms with Crippen molar-refractivity contribution in [3.63, 3.8) is 0 Å². The molecule has 0 aliphatic heterocycles. The van der Waals surface area contributed by atoms with Crippen molar-refractivity contribution in [2.75, 3.05) is 4.90 Å². The van der Waals surface area contributed by atoms with Crippen molar-refractivity contribution in [1.29, 1.82) is 0 Å². The molecule has 0 aliphatic rings. The summed E-state index contributed by atoms with van der Waals surface area (Å²) in [6.07, 6.45) is 0. The fraction of sp³-hybridized carbons (Fsp3) is 0. The van der Waals surface area contributed by atoms with Gasteiger partial charge in [-0.2, -0.15) is 0 Å². The van der Waals surface area contributed by atoms with Gasteiger partial charge in [-0.15, -0.1) is 0 Å². The number of benzene rings is 12. The van der Waals surface area contributed by atoms with Crippen molar-refractivity contribution < 1.29 is 0 Å². The molecular formula is C68H47N. The van der Waals surface area contributed by atoms with Crippen molar-refractivity contribution in [2.45, 2.75) is 0 Å². The Kier molecular flexibility index (Phi) is 11.0. The molecule has 0 unspecified atom stereocenters. The molecule has 0 aromatic heterocycles. The molecule has 12 aromatic carbocycles. The quantitative estimate of drug-likeness (QED) is 0.124. The van der Waals surface area contributed by atoms with E-state index < -0.39 is 0 Å². The van der Waals surface area contributed by atoms with Crippen LogP contribution in [-0.4, -0.2) is 0 Å². The average molecular weight is 878 g/mol. The Balaban J connectivity index is 0.979. The third-order valence-electron chi connectivity index (χ3n) is 13.5. The second kappa shape index (κ2) is 18.3. The van der Waals surface area contributed by atoms with E-state index in [4.69, 9.17) is 0 Å². The van der Waals surface area contributed by atoms with Gasteiger partial charge in [0, 0.05) is 17.1 Å². The number of hydrogen-bond acceptors (Lipinski definition) is 1. The molecule has 0 saturated heterocycles. The summed E-state index contributed by atoms with van der Waals surface area (Å²) in [5.41, 5.74) is 20.0. The summed E-state index contributed by atoms with van der Waals surface area (Å²) in [5, 5.41) is 4.99. The highest BCUT2D eigenvalue weighted by Crippen LogP contribution is 2.46. The van der Waals surface area contributed by atoms with Crippen LogP contribution in [0.15, 0.2) is 285 Å². The average Bonchev–Trinajstić information content (AvgIpc) is 3.44. The highest BCUT2D eigenvalue weighted by atomic mass is 15.1. The maximum Gasteiger partial charge on any atom is 0.0473 e. The van der Waals surface area contributed by atoms with E-state index in [0.717, 1.165) is 33.8 Å². The molecule has 0 heterocycles. The Labute approximate surface area is 404 Å². The first kappa shape index (κ1) is 41.4. The van der Waals surface area contributed by atoms with Crippen LogP contribution in [0.3, 0.4) is 0 Å². The van der Waals surface area contributed by atoms with Crippen molar-refractivity contribution >= 4 is 38.6 Å². The monoisotopic (exact) mass is 877 g/mol. The fourth-order valence-corrected chi connectivity index (χ4v) is 10.1. The lowest BCUT2D eigenvalue weighted by molar-refractivity contribution is 1.28. The molecule has 12 aromatic rings. The lowest BCUT2D eigenvalue weighted by Gasteiger charge is -2.27. The summed E-state index contributed by atoms with van der Waals surface area (Å²) in [4.78, 5) is 2.40. The van der Waals surface area contributed by atoms with Crippen molar-refractivity contribution in [3.05, 3.63) is 285 Å². The molecule has 0 amide bonds. The lowest BCUT2D eigenvalue weighted by Crippen LogP contribution is -2.10. The highest BCUT2D eigenvalue weighted by molar-refractivity contribution is 6.22. The van der Waals surface area contributed by atoms with Gasteiger partial charge in [-0.1, -0.05) is 237 Å². The van der Waals surface area contributed by atoms with E-state index in [1.165, 1.54) is 82.7 Å². The van der Waals surface area contributed by atoms with Gasteiger partial charge in [0.25, 0.3) is 0 Å². The van der Waals surface area contributed by atoms with E-state index in [9.17, 15) is 0 Å². The summed E-state index contributed by atoms with van der Waals surface area (Å²) in [7, 11) is 0. The smallest absolute Gasteiger partial charge is 0.0473 e. The van der Waals surface area contributed by atoms with Gasteiger partial charge < -0.3 is 4.90 Å². The fourth-order valence-electron chi connectivity index (χ4n) is 10.1. The third-order valence-corrected chi connectivity index (χ3v) is 13.5. The van der Waals surface area contributed by atoms with E-state index in [-0.39, 0.29) is 0 Å². The third kappa shape index (κ3) is 8.18. The van der Waals surface area contributed by atoms with Crippen molar-refractivity contribution in [2.24, 2.45) is 0 Å². The van der Waals surface area contributed by atoms with E-state index >= 15 is 0 Å². The number of fused-ring (bicyclic) bond motifs is 3. The van der Waals surface area contributed by atoms with Crippen LogP contribution in [0.1, 0.15) is 0 Å². The minimum absolute atomic E-state index is 1.08. The molecule has 0 N–H and O–H groups in total. The van der Waals surface area contributed by atoms with Crippen LogP contribution in [0.25, 0.3) is 99.4 Å². The number of hydrogen-bond donors (Lipinski definition) is 0. The van der Waals surface area contributed by atoms with E-state index in [2.05, 4.69) is 290 Å². The minimum atomic E-state index is 1.08. The SMILES string of the molecule is c1ccc(-c2ccc(-c3ccc(N(c4ccc(-c5ccc6c(-c7ccccc7)c(-c7ccccc7)c7ccccc7c6c5)cc4)c4cc(-c5ccccc5)cc(-c5ccccc5)c4)cc3)cc2)cc1. The molecule has 0 fully saturated rings. The molecular weight excluding hydrogens is 831 g/mol. The van der Waals surface area contributed by atoms with Gasteiger partial charge in [0.05, 0.1) is 0 Å². The van der Waals surface area contributed by atoms with Crippen LogP contribution >= 0.6 is 0 Å². The maximum absolute atomic E-state index is 2.40. The summed E-state index contributed by atoms with van der Waals surface area (Å²) < 4.78 is 0. The Bertz CT molecular complexity index is 3640. The molecule has 0 saturated carbocycles. The van der Waals surface area contributed by atoms with Crippen LogP contribution in [0.5, 0.6) is 0 Å². The number of nitrogens with zero attached hydrogens (tertiary/aromatic N) is 1. The van der Waals surface area contributed by atoms with Crippen molar-refractivity contribution in [3.8, 4) is 77.9 Å². The number of anilines is 3. The first-order chi connectivity index (χ1) is 34.2. The zero-order valence-corrected chi connectivity index (χ0v) is 38.1. The molecule has 0 aliphatic carbocycles. The summed E-state index contributed by atoms with van der Waals surface area (Å²) in [6.45, 7) is 0. The Morgan fingerprint density at radius 1 is 0.159 bits per heavy atom. The highest BCUT2D eigenvalue weighted by Gasteiger charge is 2.20. The number of rotatable bonds is 10. The van der Waals surface area contributed by atoms with Gasteiger partial charge in [0.1, 0.15) is 0 Å². The largest absolute Gasteiger partial charge is 0.310 e. The topological polar surface area (TPSA) is 3.24 Å². The van der Waals surface area contributed by atoms with Crippen LogP contribution in [0, 0.1) is 0 Å². The summed E-state index contributed by atoms with van der Waals surface area (Å²) in [6, 6.07) is 104. The second-order valence-corrected chi connectivity index (χ2v) is 17.7. The molecule has 324 valence electrons. The van der Waals surface area contributed by atoms with E-state index in [0.29, 0.717) is 0 Å². The standard InChI is InChI=1S/C68H47N/c1-6-18-48(19-7-1)51-30-32-52(33-31-51)53-34-39-60(40-35-53)69(62-45-58(49-20-8-2-9-21-49)44-59(46-62)50-22-10-3-11-23-50)61-41-36-54(37-42-61)57-38-43-65-66(47-57)63-28-16-17-29-64(63)67(55-24-12-4-13-25-55)68(65)56-26-14-5-15-27-56/h1-47H. The molecule has 0 spiro atoms. The predicted octanol–water partition coefficient (Wildman–Crippen LogP) is 19.1. The molecule has 1 nitrogen and oxygen atoms in total. The van der Waals surface area contributed by atoms with Crippen LogP contribution in [0.2, 0.25) is 0 Å². The van der Waals surface area contributed by atoms with Crippen LogP contribution in [0.4, 0.5) is 17.1 Å². The first-order valence-corrected chi connectivity index (χ1v) is 23.7. The lowest BCUT2D eigenvalue weighted by atomic mass is 9.84. The van der Waals surface area contributed by atoms with Crippen molar-refractivity contribution in [1.82, 2.24) is 0 Å². The Morgan fingerprint density at radius 3 is 0.899 bits per heavy atom. The normalized spacial score (nSPS) is 11.2. The molecule has 69 heavy (non-hydrogen) atoms. The van der Waals surface area contributed by atoms with Crippen LogP contribution in [-0.2, 0) is 0 Å². The Hall–Kier alpha value is -9.04. The molecule has 0 radical (unpaired) electrons. The first-order valence-electron chi connectivity index (χ1n) is 23.7. The molecule has 0 atom stereocenters. The van der Waals surface area contributed by atoms with Gasteiger partial charge in [0.2, 0.25) is 0 Å². The van der Waals surface area contributed by atoms with E-state index in [1.54, 1.807) is 0 Å². The van der Waals surface area contributed by atoms with Gasteiger partial charge in [-0.25, -0.2) is 0 Å². The predicted molar refractivity (Wildman–Crippen MR) is 294 cm³/mol. The van der Waals surface area contributed by atoms with Gasteiger partial charge in [-0.3, -0.25) is 0 Å². The van der Waals surface area contributed by atoms with E-state index in [1.807, 2.05) is 0 Å². The summed E-state index contributed by atoms with van der Waals surface area (Å²) in [5.74, 6) is 0. The maximum atomic E-state index is 2.40. The van der Waals surface area contributed by atoms with Gasteiger partial charge >= 0.3 is 0 Å².